The van der Waals surface area contributed by atoms with Crippen molar-refractivity contribution in [3.05, 3.63) is 71.0 Å². The summed E-state index contributed by atoms with van der Waals surface area (Å²) in [6.45, 7) is 3.18. The summed E-state index contributed by atoms with van der Waals surface area (Å²) < 4.78 is 2.15. The number of hydrogen-bond acceptors (Lipinski definition) is 5. The van der Waals surface area contributed by atoms with Crippen molar-refractivity contribution in [1.29, 1.82) is 0 Å². The molecule has 0 fully saturated rings. The van der Waals surface area contributed by atoms with Crippen LogP contribution in [0.25, 0.3) is 21.8 Å². The van der Waals surface area contributed by atoms with Crippen LogP contribution < -0.4 is 20.1 Å². The van der Waals surface area contributed by atoms with Gasteiger partial charge in [0.25, 0.3) is 11.0 Å². The topological polar surface area (TPSA) is 75.5 Å². The lowest BCUT2D eigenvalue weighted by atomic mass is 10.2. The van der Waals surface area contributed by atoms with Gasteiger partial charge in [-0.3, -0.25) is 10.4 Å². The molecule has 4 rings (SSSR count). The molecule has 2 aromatic heterocycles. The largest absolute Gasteiger partial charge is 0.383 e. The number of nitrogens with zero attached hydrogens (tertiary/aromatic N) is 3. The molecule has 0 saturated heterocycles. The number of aromatic nitrogens is 2. The maximum Gasteiger partial charge on any atom is 0.268 e. The Hall–Kier alpha value is -3.00. The molecule has 0 aliphatic carbocycles. The Balaban J connectivity index is 1.31. The maximum atomic E-state index is 10.0. The van der Waals surface area contributed by atoms with E-state index in [0.29, 0.717) is 21.1 Å². The Morgan fingerprint density at radius 3 is 1.62 bits per heavy atom. The summed E-state index contributed by atoms with van der Waals surface area (Å²) >= 11 is 12.1. The van der Waals surface area contributed by atoms with Crippen LogP contribution in [-0.4, -0.2) is 48.5 Å². The number of halogens is 2. The molecule has 0 aliphatic rings. The lowest BCUT2D eigenvalue weighted by Crippen LogP contribution is -2.32. The summed E-state index contributed by atoms with van der Waals surface area (Å²) in [4.78, 5) is 2.22. The molecule has 2 heterocycles. The van der Waals surface area contributed by atoms with Crippen LogP contribution >= 0.6 is 23.2 Å². The Bertz CT molecular complexity index is 1170. The highest BCUT2D eigenvalue weighted by molar-refractivity contribution is 6.31. The fraction of sp³-hybridized carbons (Fsp3) is 0.217. The van der Waals surface area contributed by atoms with Crippen molar-refractivity contribution < 1.29 is 19.9 Å². The van der Waals surface area contributed by atoms with E-state index in [4.69, 9.17) is 23.2 Å². The summed E-state index contributed by atoms with van der Waals surface area (Å²) in [6, 6.07) is 14.6. The Morgan fingerprint density at radius 1 is 0.750 bits per heavy atom. The van der Waals surface area contributed by atoms with Gasteiger partial charge in [-0.25, -0.2) is 0 Å². The van der Waals surface area contributed by atoms with Gasteiger partial charge in [0.15, 0.2) is 0 Å². The van der Waals surface area contributed by atoms with E-state index in [9.17, 15) is 10.4 Å². The maximum absolute atomic E-state index is 10.0. The van der Waals surface area contributed by atoms with Gasteiger partial charge < -0.3 is 15.5 Å². The van der Waals surface area contributed by atoms with E-state index in [1.807, 2.05) is 36.4 Å². The minimum atomic E-state index is 0.577. The monoisotopic (exact) mass is 473 g/mol. The molecule has 0 atom stereocenters. The van der Waals surface area contributed by atoms with Crippen LogP contribution in [0.3, 0.4) is 0 Å². The van der Waals surface area contributed by atoms with Crippen molar-refractivity contribution in [2.45, 2.75) is 0 Å². The van der Waals surface area contributed by atoms with E-state index >= 15 is 0 Å². The highest BCUT2D eigenvalue weighted by atomic mass is 35.5. The van der Waals surface area contributed by atoms with Crippen LogP contribution in [0.15, 0.2) is 60.9 Å². The van der Waals surface area contributed by atoms with Crippen LogP contribution in [0, 0.1) is 0 Å². The lowest BCUT2D eigenvalue weighted by molar-refractivity contribution is -0.884. The molecule has 4 aromatic rings. The zero-order valence-electron chi connectivity index (χ0n) is 17.6. The summed E-state index contributed by atoms with van der Waals surface area (Å²) in [7, 11) is 2.07. The minimum absolute atomic E-state index is 0.577. The van der Waals surface area contributed by atoms with Crippen molar-refractivity contribution in [2.24, 2.45) is 0 Å². The average Bonchev–Trinajstić information content (AvgIpc) is 2.77. The fourth-order valence-corrected chi connectivity index (χ4v) is 3.99. The molecule has 32 heavy (non-hydrogen) atoms. The van der Waals surface area contributed by atoms with E-state index in [1.54, 1.807) is 24.5 Å². The molecule has 0 bridgehead atoms. The average molecular weight is 474 g/mol. The van der Waals surface area contributed by atoms with E-state index in [2.05, 4.69) is 22.6 Å². The van der Waals surface area contributed by atoms with E-state index < -0.39 is 0 Å². The molecule has 0 aliphatic heterocycles. The zero-order chi connectivity index (χ0) is 22.7. The van der Waals surface area contributed by atoms with Crippen molar-refractivity contribution >= 4 is 56.4 Å². The van der Waals surface area contributed by atoms with Crippen LogP contribution in [0.1, 0.15) is 0 Å². The van der Waals surface area contributed by atoms with Crippen molar-refractivity contribution in [3.63, 3.8) is 0 Å². The molecule has 166 valence electrons. The molecule has 7 nitrogen and oxygen atoms in total. The first kappa shape index (κ1) is 22.2. The number of hydrogen-bond donors (Lipinski definition) is 4. The van der Waals surface area contributed by atoms with E-state index in [0.717, 1.165) is 57.8 Å². The van der Waals surface area contributed by atoms with Crippen molar-refractivity contribution in [3.8, 4) is 0 Å². The summed E-state index contributed by atoms with van der Waals surface area (Å²) in [5.41, 5.74) is 3.20. The van der Waals surface area contributed by atoms with Gasteiger partial charge >= 0.3 is 0 Å². The van der Waals surface area contributed by atoms with Crippen LogP contribution in [0.2, 0.25) is 10.0 Å². The third kappa shape index (κ3) is 4.91. The molecule has 4 N–H and O–H groups in total. The first-order valence-corrected chi connectivity index (χ1v) is 11.0. The number of pyridine rings is 2. The quantitative estimate of drug-likeness (QED) is 0.231. The standard InChI is InChI=1S/C23H23Cl2N5O2/c1-28(12-8-26-20-6-10-29(31)22-14-16(24)2-4-18(20)22)13-9-27-21-7-11-30(32)23-15-17(25)3-5-19(21)23/h2-7,10-11,14-15,31-32H,8-9,12-13H2,1H3/p+2. The SMILES string of the molecule is CN(CCNc1cc[n+](O)c2cc(Cl)ccc12)CCNc1cc[n+](O)c2cc(Cl)ccc12. The van der Waals surface area contributed by atoms with Crippen LogP contribution in [0.4, 0.5) is 11.4 Å². The van der Waals surface area contributed by atoms with Gasteiger partial charge in [-0.05, 0) is 31.3 Å². The minimum Gasteiger partial charge on any atom is -0.383 e. The van der Waals surface area contributed by atoms with E-state index in [-0.39, 0.29) is 0 Å². The molecule has 0 spiro atoms. The van der Waals surface area contributed by atoms with Crippen LogP contribution in [-0.2, 0) is 0 Å². The van der Waals surface area contributed by atoms with Gasteiger partial charge in [-0.2, -0.15) is 0 Å². The number of likely N-dealkylation sites (N-methyl/N-ethyl adjacent to an activating group) is 1. The summed E-state index contributed by atoms with van der Waals surface area (Å²) in [6.07, 6.45) is 3.20. The van der Waals surface area contributed by atoms with Gasteiger partial charge in [0.05, 0.1) is 22.1 Å². The van der Waals surface area contributed by atoms with Crippen LogP contribution in [0.5, 0.6) is 0 Å². The van der Waals surface area contributed by atoms with Crippen molar-refractivity contribution in [1.82, 2.24) is 4.90 Å². The number of fused-ring (bicyclic) bond motifs is 2. The molecular weight excluding hydrogens is 449 g/mol. The van der Waals surface area contributed by atoms with Crippen molar-refractivity contribution in [2.75, 3.05) is 43.9 Å². The normalized spacial score (nSPS) is 11.4. The lowest BCUT2D eigenvalue weighted by Gasteiger charge is -2.18. The number of nitrogens with one attached hydrogen (secondary N) is 2. The number of rotatable bonds is 8. The number of benzene rings is 2. The smallest absolute Gasteiger partial charge is 0.268 e. The third-order valence-corrected chi connectivity index (χ3v) is 5.85. The van der Waals surface area contributed by atoms with Gasteiger partial charge in [0, 0.05) is 70.0 Å². The highest BCUT2D eigenvalue weighted by Crippen LogP contribution is 2.24. The zero-order valence-corrected chi connectivity index (χ0v) is 19.1. The van der Waals surface area contributed by atoms with Gasteiger partial charge in [-0.1, -0.05) is 23.2 Å². The third-order valence-electron chi connectivity index (χ3n) is 5.38. The number of anilines is 2. The predicted octanol–water partition coefficient (Wildman–Crippen LogP) is 3.81. The van der Waals surface area contributed by atoms with E-state index in [1.165, 1.54) is 0 Å². The molecule has 0 saturated carbocycles. The second-order valence-corrected chi connectivity index (χ2v) is 8.50. The molecular formula is C23H25Cl2N5O2+2. The van der Waals surface area contributed by atoms with Gasteiger partial charge in [-0.15, -0.1) is 0 Å². The second-order valence-electron chi connectivity index (χ2n) is 7.63. The highest BCUT2D eigenvalue weighted by Gasteiger charge is 2.14. The molecule has 0 unspecified atom stereocenters. The fourth-order valence-electron chi connectivity index (χ4n) is 3.66. The molecule has 0 amide bonds. The summed E-state index contributed by atoms with van der Waals surface area (Å²) in [5, 5.41) is 29.9. The molecule has 9 heteroatoms. The summed E-state index contributed by atoms with van der Waals surface area (Å²) in [5.74, 6) is 0. The first-order valence-electron chi connectivity index (χ1n) is 10.2. The predicted molar refractivity (Wildman–Crippen MR) is 127 cm³/mol. The second kappa shape index (κ2) is 9.65. The Labute approximate surface area is 195 Å². The molecule has 0 radical (unpaired) electrons. The Morgan fingerprint density at radius 2 is 1.19 bits per heavy atom. The first-order chi connectivity index (χ1) is 15.4. The Kier molecular flexibility index (Phi) is 6.69. The van der Waals surface area contributed by atoms with Gasteiger partial charge in [0.1, 0.15) is 0 Å². The molecule has 2 aromatic carbocycles. The van der Waals surface area contributed by atoms with Gasteiger partial charge in [0.2, 0.25) is 12.4 Å².